The van der Waals surface area contributed by atoms with Crippen LogP contribution in [-0.4, -0.2) is 46.2 Å². The van der Waals surface area contributed by atoms with E-state index >= 15 is 0 Å². The lowest BCUT2D eigenvalue weighted by Crippen LogP contribution is -2.44. The first kappa shape index (κ1) is 16.9. The maximum atomic E-state index is 12.2. The SMILES string of the molecule is CC(C)N(CCO)C(=O)CC(C)(C(=O)O)C(C)C. The van der Waals surface area contributed by atoms with Gasteiger partial charge in [0, 0.05) is 19.0 Å². The fourth-order valence-electron chi connectivity index (χ4n) is 1.72. The molecule has 0 saturated heterocycles. The van der Waals surface area contributed by atoms with Crippen LogP contribution in [0.15, 0.2) is 0 Å². The van der Waals surface area contributed by atoms with E-state index in [9.17, 15) is 14.7 Å². The summed E-state index contributed by atoms with van der Waals surface area (Å²) in [6.45, 7) is 9.01. The first-order valence-electron chi connectivity index (χ1n) is 6.30. The molecule has 0 aliphatic carbocycles. The van der Waals surface area contributed by atoms with Crippen LogP contribution in [0.2, 0.25) is 0 Å². The highest BCUT2D eigenvalue weighted by Crippen LogP contribution is 2.32. The van der Waals surface area contributed by atoms with E-state index in [4.69, 9.17) is 5.11 Å². The lowest BCUT2D eigenvalue weighted by molar-refractivity contribution is -0.156. The molecule has 0 saturated carbocycles. The first-order chi connectivity index (χ1) is 8.16. The Morgan fingerprint density at radius 3 is 2.00 bits per heavy atom. The molecule has 0 radical (unpaired) electrons. The molecule has 0 bridgehead atoms. The van der Waals surface area contributed by atoms with Crippen molar-refractivity contribution in [2.75, 3.05) is 13.2 Å². The summed E-state index contributed by atoms with van der Waals surface area (Å²) >= 11 is 0. The van der Waals surface area contributed by atoms with E-state index in [-0.39, 0.29) is 37.4 Å². The van der Waals surface area contributed by atoms with Gasteiger partial charge in [-0.15, -0.1) is 0 Å². The van der Waals surface area contributed by atoms with Gasteiger partial charge in [-0.3, -0.25) is 9.59 Å². The number of carbonyl (C=O) groups excluding carboxylic acids is 1. The van der Waals surface area contributed by atoms with Gasteiger partial charge in [-0.1, -0.05) is 13.8 Å². The fraction of sp³-hybridized carbons (Fsp3) is 0.846. The van der Waals surface area contributed by atoms with Crippen LogP contribution >= 0.6 is 0 Å². The van der Waals surface area contributed by atoms with Crippen molar-refractivity contribution in [3.8, 4) is 0 Å². The van der Waals surface area contributed by atoms with Crippen molar-refractivity contribution in [3.63, 3.8) is 0 Å². The Morgan fingerprint density at radius 1 is 1.22 bits per heavy atom. The maximum Gasteiger partial charge on any atom is 0.310 e. The molecule has 0 fully saturated rings. The Hall–Kier alpha value is -1.10. The molecule has 2 N–H and O–H groups in total. The Labute approximate surface area is 109 Å². The Bertz CT molecular complexity index is 301. The summed E-state index contributed by atoms with van der Waals surface area (Å²) < 4.78 is 0. The highest BCUT2D eigenvalue weighted by molar-refractivity contribution is 5.85. The summed E-state index contributed by atoms with van der Waals surface area (Å²) in [5.41, 5.74) is -1.07. The zero-order valence-electron chi connectivity index (χ0n) is 11.9. The van der Waals surface area contributed by atoms with Crippen LogP contribution in [0, 0.1) is 11.3 Å². The van der Waals surface area contributed by atoms with E-state index in [0.29, 0.717) is 0 Å². The number of hydrogen-bond acceptors (Lipinski definition) is 3. The van der Waals surface area contributed by atoms with Gasteiger partial charge in [0.1, 0.15) is 0 Å². The van der Waals surface area contributed by atoms with Gasteiger partial charge < -0.3 is 15.1 Å². The summed E-state index contributed by atoms with van der Waals surface area (Å²) in [7, 11) is 0. The Morgan fingerprint density at radius 2 is 1.72 bits per heavy atom. The minimum Gasteiger partial charge on any atom is -0.481 e. The number of carboxylic acid groups (broad SMARTS) is 1. The second-order valence-corrected chi connectivity index (χ2v) is 5.46. The molecular weight excluding hydrogens is 234 g/mol. The van der Waals surface area contributed by atoms with Crippen LogP contribution in [-0.2, 0) is 9.59 Å². The number of hydrogen-bond donors (Lipinski definition) is 2. The van der Waals surface area contributed by atoms with E-state index < -0.39 is 11.4 Å². The third-order valence-corrected chi connectivity index (χ3v) is 3.57. The third kappa shape index (κ3) is 3.98. The number of aliphatic hydroxyl groups excluding tert-OH is 1. The molecule has 0 aromatic rings. The van der Waals surface area contributed by atoms with E-state index in [1.807, 2.05) is 13.8 Å². The predicted molar refractivity (Wildman–Crippen MR) is 69.1 cm³/mol. The highest BCUT2D eigenvalue weighted by Gasteiger charge is 2.40. The van der Waals surface area contributed by atoms with E-state index in [1.165, 1.54) is 4.90 Å². The average molecular weight is 259 g/mol. The van der Waals surface area contributed by atoms with Gasteiger partial charge >= 0.3 is 5.97 Å². The molecule has 0 heterocycles. The second-order valence-electron chi connectivity index (χ2n) is 5.46. The van der Waals surface area contributed by atoms with Crippen molar-refractivity contribution >= 4 is 11.9 Å². The molecule has 0 spiro atoms. The topological polar surface area (TPSA) is 77.8 Å². The van der Waals surface area contributed by atoms with Gasteiger partial charge in [-0.25, -0.2) is 0 Å². The quantitative estimate of drug-likeness (QED) is 0.723. The normalized spacial score (nSPS) is 14.7. The van der Waals surface area contributed by atoms with Crippen molar-refractivity contribution in [2.45, 2.75) is 47.1 Å². The van der Waals surface area contributed by atoms with E-state index in [1.54, 1.807) is 20.8 Å². The number of nitrogens with zero attached hydrogens (tertiary/aromatic N) is 1. The minimum atomic E-state index is -1.07. The van der Waals surface area contributed by atoms with Crippen molar-refractivity contribution in [3.05, 3.63) is 0 Å². The molecule has 1 amide bonds. The lowest BCUT2D eigenvalue weighted by Gasteiger charge is -2.33. The molecule has 0 aliphatic rings. The molecule has 0 aliphatic heterocycles. The molecule has 5 heteroatoms. The maximum absolute atomic E-state index is 12.2. The van der Waals surface area contributed by atoms with E-state index in [2.05, 4.69) is 0 Å². The number of rotatable bonds is 7. The van der Waals surface area contributed by atoms with Crippen LogP contribution in [0.1, 0.15) is 41.0 Å². The van der Waals surface area contributed by atoms with Crippen molar-refractivity contribution in [2.24, 2.45) is 11.3 Å². The molecule has 0 aromatic carbocycles. The third-order valence-electron chi connectivity index (χ3n) is 3.57. The van der Waals surface area contributed by atoms with Crippen LogP contribution in [0.3, 0.4) is 0 Å². The molecule has 0 rings (SSSR count). The molecule has 1 unspecified atom stereocenters. The summed E-state index contributed by atoms with van der Waals surface area (Å²) in [5.74, 6) is -1.32. The van der Waals surface area contributed by atoms with Crippen LogP contribution < -0.4 is 0 Å². The minimum absolute atomic E-state index is 0.0435. The van der Waals surface area contributed by atoms with Gasteiger partial charge in [0.15, 0.2) is 0 Å². The lowest BCUT2D eigenvalue weighted by atomic mass is 9.76. The number of amides is 1. The first-order valence-corrected chi connectivity index (χ1v) is 6.30. The predicted octanol–water partition coefficient (Wildman–Crippen LogP) is 1.35. The van der Waals surface area contributed by atoms with Gasteiger partial charge in [0.2, 0.25) is 5.91 Å². The number of aliphatic carboxylic acids is 1. The molecule has 18 heavy (non-hydrogen) atoms. The van der Waals surface area contributed by atoms with Crippen molar-refractivity contribution in [1.29, 1.82) is 0 Å². The van der Waals surface area contributed by atoms with E-state index in [0.717, 1.165) is 0 Å². The molecule has 5 nitrogen and oxygen atoms in total. The summed E-state index contributed by atoms with van der Waals surface area (Å²) in [5, 5.41) is 18.2. The van der Waals surface area contributed by atoms with Crippen molar-refractivity contribution < 1.29 is 19.8 Å². The average Bonchev–Trinajstić information content (AvgIpc) is 2.24. The Kier molecular flexibility index (Phi) is 6.32. The van der Waals surface area contributed by atoms with Gasteiger partial charge in [0.25, 0.3) is 0 Å². The molecule has 1 atom stereocenters. The number of carbonyl (C=O) groups is 2. The smallest absolute Gasteiger partial charge is 0.310 e. The largest absolute Gasteiger partial charge is 0.481 e. The zero-order valence-corrected chi connectivity index (χ0v) is 11.9. The summed E-state index contributed by atoms with van der Waals surface area (Å²) in [4.78, 5) is 25.0. The van der Waals surface area contributed by atoms with Crippen LogP contribution in [0.25, 0.3) is 0 Å². The Balaban J connectivity index is 4.94. The molecule has 0 aromatic heterocycles. The molecule has 106 valence electrons. The second kappa shape index (κ2) is 6.73. The zero-order chi connectivity index (χ0) is 14.5. The summed E-state index contributed by atoms with van der Waals surface area (Å²) in [6, 6.07) is -0.0464. The van der Waals surface area contributed by atoms with Crippen molar-refractivity contribution in [1.82, 2.24) is 4.90 Å². The number of aliphatic hydroxyl groups is 1. The monoisotopic (exact) mass is 259 g/mol. The van der Waals surface area contributed by atoms with Crippen LogP contribution in [0.4, 0.5) is 0 Å². The molecular formula is C13H25NO4. The van der Waals surface area contributed by atoms with Crippen LogP contribution in [0.5, 0.6) is 0 Å². The number of carboxylic acids is 1. The van der Waals surface area contributed by atoms with Gasteiger partial charge in [-0.2, -0.15) is 0 Å². The summed E-state index contributed by atoms with van der Waals surface area (Å²) in [6.07, 6.45) is -0.0435. The van der Waals surface area contributed by atoms with Gasteiger partial charge in [0.05, 0.1) is 12.0 Å². The van der Waals surface area contributed by atoms with Gasteiger partial charge in [-0.05, 0) is 26.7 Å². The standard InChI is InChI=1S/C13H25NO4/c1-9(2)13(5,12(17)18)8-11(16)14(6-7-15)10(3)4/h9-10,15H,6-8H2,1-5H3,(H,17,18). The highest BCUT2D eigenvalue weighted by atomic mass is 16.4. The fourth-order valence-corrected chi connectivity index (χ4v) is 1.72.